The van der Waals surface area contributed by atoms with Gasteiger partial charge in [0.2, 0.25) is 5.95 Å². The molecule has 0 aliphatic carbocycles. The molecule has 1 aliphatic rings. The molecule has 1 aromatic carbocycles. The lowest BCUT2D eigenvalue weighted by Gasteiger charge is -2.34. The van der Waals surface area contributed by atoms with Gasteiger partial charge in [-0.3, -0.25) is 4.79 Å². The van der Waals surface area contributed by atoms with Crippen LogP contribution in [0.4, 0.5) is 5.95 Å². The third kappa shape index (κ3) is 2.99. The summed E-state index contributed by atoms with van der Waals surface area (Å²) in [5, 5.41) is 8.17. The first kappa shape index (κ1) is 16.8. The van der Waals surface area contributed by atoms with Crippen molar-refractivity contribution in [3.05, 3.63) is 52.4 Å². The molecule has 1 N–H and O–H groups in total. The summed E-state index contributed by atoms with van der Waals surface area (Å²) in [6, 6.07) is 4.60. The Balaban J connectivity index is 2.12. The largest absolute Gasteiger partial charge is 0.462 e. The Hall–Kier alpha value is -2.05. The van der Waals surface area contributed by atoms with E-state index in [1.54, 1.807) is 36.7 Å². The van der Waals surface area contributed by atoms with Crippen molar-refractivity contribution in [1.29, 1.82) is 0 Å². The first-order chi connectivity index (χ1) is 11.4. The number of nitrogens with zero attached hydrogens (tertiary/aromatic N) is 3. The molecule has 2 aromatic rings. The van der Waals surface area contributed by atoms with Crippen molar-refractivity contribution in [3.63, 3.8) is 0 Å². The predicted octanol–water partition coefficient (Wildman–Crippen LogP) is 3.68. The summed E-state index contributed by atoms with van der Waals surface area (Å²) in [6.45, 7) is 7.55. The number of carbonyl (C=O) groups excluding carboxylic acids is 1. The highest BCUT2D eigenvalue weighted by molar-refractivity contribution is 6.35. The summed E-state index contributed by atoms with van der Waals surface area (Å²) in [4.78, 5) is 16.8. The molecule has 0 bridgehead atoms. The number of carbonyl (C=O) groups is 1. The normalized spacial score (nSPS) is 19.8. The Labute approximate surface area is 149 Å². The van der Waals surface area contributed by atoms with Crippen molar-refractivity contribution in [2.45, 2.75) is 26.0 Å². The van der Waals surface area contributed by atoms with Crippen LogP contribution in [-0.4, -0.2) is 26.8 Å². The molecule has 3 rings (SSSR count). The van der Waals surface area contributed by atoms with E-state index in [0.29, 0.717) is 27.3 Å². The van der Waals surface area contributed by atoms with Crippen LogP contribution in [-0.2, 0) is 9.53 Å². The van der Waals surface area contributed by atoms with Crippen molar-refractivity contribution < 1.29 is 9.53 Å². The summed E-state index contributed by atoms with van der Waals surface area (Å²) in [5.41, 5.74) is 1.18. The maximum atomic E-state index is 12.7. The van der Waals surface area contributed by atoms with Gasteiger partial charge in [-0.05, 0) is 31.5 Å². The van der Waals surface area contributed by atoms with Crippen LogP contribution < -0.4 is 5.32 Å². The van der Waals surface area contributed by atoms with Gasteiger partial charge in [-0.15, -0.1) is 0 Å². The molecule has 1 aliphatic heterocycles. The van der Waals surface area contributed by atoms with Crippen LogP contribution in [0.2, 0.25) is 10.0 Å². The fraction of sp³-hybridized carbons (Fsp3) is 0.312. The number of fused-ring (bicyclic) bond motifs is 1. The Morgan fingerprint density at radius 2 is 2.17 bits per heavy atom. The first-order valence-electron chi connectivity index (χ1n) is 7.39. The number of nitrogens with one attached hydrogen (secondary N) is 1. The molecule has 0 saturated carbocycles. The lowest BCUT2D eigenvalue weighted by Crippen LogP contribution is -2.38. The lowest BCUT2D eigenvalue weighted by atomic mass is 9.89. The fourth-order valence-electron chi connectivity index (χ4n) is 2.73. The van der Waals surface area contributed by atoms with Gasteiger partial charge in [0.15, 0.2) is 0 Å². The average Bonchev–Trinajstić information content (AvgIpc) is 2.93. The van der Waals surface area contributed by atoms with E-state index in [-0.39, 0.29) is 6.10 Å². The Bertz CT molecular complexity index is 803. The van der Waals surface area contributed by atoms with Crippen LogP contribution in [0.15, 0.2) is 36.8 Å². The number of esters is 1. The van der Waals surface area contributed by atoms with Crippen molar-refractivity contribution in [3.8, 4) is 0 Å². The minimum atomic E-state index is -0.694. The van der Waals surface area contributed by atoms with E-state index in [1.807, 2.05) is 0 Å². The van der Waals surface area contributed by atoms with Gasteiger partial charge >= 0.3 is 5.97 Å². The van der Waals surface area contributed by atoms with Crippen molar-refractivity contribution >= 4 is 35.1 Å². The Morgan fingerprint density at radius 1 is 1.42 bits per heavy atom. The maximum Gasteiger partial charge on any atom is 0.317 e. The quantitative estimate of drug-likeness (QED) is 0.839. The second-order valence-electron chi connectivity index (χ2n) is 5.75. The highest BCUT2D eigenvalue weighted by Gasteiger charge is 2.41. The summed E-state index contributed by atoms with van der Waals surface area (Å²) >= 11 is 12.4. The zero-order valence-corrected chi connectivity index (χ0v) is 14.7. The van der Waals surface area contributed by atoms with Gasteiger partial charge in [0.1, 0.15) is 18.3 Å². The van der Waals surface area contributed by atoms with E-state index in [0.717, 1.165) is 0 Å². The van der Waals surface area contributed by atoms with Gasteiger partial charge in [-0.2, -0.15) is 10.1 Å². The van der Waals surface area contributed by atoms with Gasteiger partial charge in [-0.1, -0.05) is 35.8 Å². The van der Waals surface area contributed by atoms with E-state index in [1.165, 1.54) is 6.33 Å². The topological polar surface area (TPSA) is 69.0 Å². The molecule has 24 heavy (non-hydrogen) atoms. The van der Waals surface area contributed by atoms with E-state index in [9.17, 15) is 4.79 Å². The van der Waals surface area contributed by atoms with Gasteiger partial charge in [0, 0.05) is 15.7 Å². The van der Waals surface area contributed by atoms with Crippen molar-refractivity contribution in [2.24, 2.45) is 5.92 Å². The third-order valence-electron chi connectivity index (χ3n) is 3.69. The minimum Gasteiger partial charge on any atom is -0.462 e. The monoisotopic (exact) mass is 366 g/mol. The SMILES string of the molecule is C=C1Nc2ncnn2C(c2ccc(Cl)cc2Cl)C1C(=O)OC(C)C. The smallest absolute Gasteiger partial charge is 0.317 e. The van der Waals surface area contributed by atoms with Crippen molar-refractivity contribution in [1.82, 2.24) is 14.8 Å². The number of ether oxygens (including phenoxy) is 1. The summed E-state index contributed by atoms with van der Waals surface area (Å²) < 4.78 is 7.00. The van der Waals surface area contributed by atoms with Gasteiger partial charge in [0.25, 0.3) is 0 Å². The molecule has 6 nitrogen and oxygen atoms in total. The number of rotatable bonds is 3. The lowest BCUT2D eigenvalue weighted by molar-refractivity contribution is -0.152. The van der Waals surface area contributed by atoms with Crippen LogP contribution >= 0.6 is 23.2 Å². The molecule has 0 saturated heterocycles. The first-order valence-corrected chi connectivity index (χ1v) is 8.15. The van der Waals surface area contributed by atoms with E-state index in [4.69, 9.17) is 27.9 Å². The van der Waals surface area contributed by atoms with Crippen molar-refractivity contribution in [2.75, 3.05) is 5.32 Å². The average molecular weight is 367 g/mol. The minimum absolute atomic E-state index is 0.246. The van der Waals surface area contributed by atoms with Crippen LogP contribution in [0.5, 0.6) is 0 Å². The predicted molar refractivity (Wildman–Crippen MR) is 92.1 cm³/mol. The third-order valence-corrected chi connectivity index (χ3v) is 4.25. The molecule has 0 spiro atoms. The standard InChI is InChI=1S/C16H16Cl2N4O2/c1-8(2)24-15(23)13-9(3)21-16-19-7-20-22(16)14(13)11-5-4-10(17)6-12(11)18/h4-8,13-14H,3H2,1-2H3,(H,19,20,21). The van der Waals surface area contributed by atoms with Crippen LogP contribution in [0.1, 0.15) is 25.5 Å². The number of hydrogen-bond donors (Lipinski definition) is 1. The highest BCUT2D eigenvalue weighted by Crippen LogP contribution is 2.41. The van der Waals surface area contributed by atoms with Gasteiger partial charge in [0.05, 0.1) is 6.10 Å². The van der Waals surface area contributed by atoms with Gasteiger partial charge in [-0.25, -0.2) is 4.68 Å². The summed E-state index contributed by atoms with van der Waals surface area (Å²) in [6.07, 6.45) is 1.16. The molecular formula is C16H16Cl2N4O2. The van der Waals surface area contributed by atoms with Gasteiger partial charge < -0.3 is 10.1 Å². The highest BCUT2D eigenvalue weighted by atomic mass is 35.5. The van der Waals surface area contributed by atoms with E-state index >= 15 is 0 Å². The summed E-state index contributed by atoms with van der Waals surface area (Å²) in [7, 11) is 0. The van der Waals surface area contributed by atoms with Crippen LogP contribution in [0, 0.1) is 5.92 Å². The number of hydrogen-bond acceptors (Lipinski definition) is 5. The molecule has 2 unspecified atom stereocenters. The number of aromatic nitrogens is 3. The molecule has 8 heteroatoms. The molecule has 2 heterocycles. The summed E-state index contributed by atoms with van der Waals surface area (Å²) in [5.74, 6) is -0.607. The maximum absolute atomic E-state index is 12.7. The molecule has 0 radical (unpaired) electrons. The Kier molecular flexibility index (Phi) is 4.51. The van der Waals surface area contributed by atoms with Crippen LogP contribution in [0.3, 0.4) is 0 Å². The zero-order valence-electron chi connectivity index (χ0n) is 13.2. The number of benzene rings is 1. The molecule has 0 fully saturated rings. The van der Waals surface area contributed by atoms with Crippen LogP contribution in [0.25, 0.3) is 0 Å². The molecule has 0 amide bonds. The van der Waals surface area contributed by atoms with E-state index < -0.39 is 17.9 Å². The van der Waals surface area contributed by atoms with E-state index in [2.05, 4.69) is 22.0 Å². The molecule has 2 atom stereocenters. The fourth-order valence-corrected chi connectivity index (χ4v) is 3.25. The number of halogens is 2. The number of anilines is 1. The molecule has 126 valence electrons. The second kappa shape index (κ2) is 6.45. The Morgan fingerprint density at radius 3 is 2.83 bits per heavy atom. The molecule has 1 aromatic heterocycles. The molecular weight excluding hydrogens is 351 g/mol. The zero-order chi connectivity index (χ0) is 17.4. The second-order valence-corrected chi connectivity index (χ2v) is 6.60.